The van der Waals surface area contributed by atoms with Gasteiger partial charge in [-0.25, -0.2) is 4.39 Å². The molecule has 1 fully saturated rings. The first kappa shape index (κ1) is 13.4. The molecule has 4 nitrogen and oxygen atoms in total. The van der Waals surface area contributed by atoms with E-state index < -0.39 is 5.82 Å². The highest BCUT2D eigenvalue weighted by Crippen LogP contribution is 2.35. The molecule has 20 heavy (non-hydrogen) atoms. The first-order valence-electron chi connectivity index (χ1n) is 6.61. The van der Waals surface area contributed by atoms with Crippen LogP contribution in [0.15, 0.2) is 18.2 Å². The molecule has 0 atom stereocenters. The van der Waals surface area contributed by atoms with Crippen LogP contribution < -0.4 is 4.74 Å². The fraction of sp³-hybridized carbons (Fsp3) is 0.429. The van der Waals surface area contributed by atoms with E-state index in [-0.39, 0.29) is 11.6 Å². The summed E-state index contributed by atoms with van der Waals surface area (Å²) >= 11 is 5.71. The highest BCUT2D eigenvalue weighted by Gasteiger charge is 2.25. The molecular formula is C14H15ClFN3O. The predicted molar refractivity (Wildman–Crippen MR) is 73.3 cm³/mol. The SMILES string of the molecule is Cn1c(COc2ccc(F)c(Cl)c2)nnc1C1CCC1. The van der Waals surface area contributed by atoms with Crippen molar-refractivity contribution in [3.8, 4) is 5.75 Å². The maximum Gasteiger partial charge on any atom is 0.170 e. The van der Waals surface area contributed by atoms with Gasteiger partial charge in [0.25, 0.3) is 0 Å². The lowest BCUT2D eigenvalue weighted by atomic mass is 9.85. The lowest BCUT2D eigenvalue weighted by Gasteiger charge is -2.24. The molecule has 0 radical (unpaired) electrons. The molecule has 0 unspecified atom stereocenters. The topological polar surface area (TPSA) is 39.9 Å². The van der Waals surface area contributed by atoms with Gasteiger partial charge in [0.05, 0.1) is 5.02 Å². The Morgan fingerprint density at radius 3 is 2.85 bits per heavy atom. The normalized spacial score (nSPS) is 15.2. The van der Waals surface area contributed by atoms with Gasteiger partial charge in [-0.3, -0.25) is 0 Å². The summed E-state index contributed by atoms with van der Waals surface area (Å²) in [5.41, 5.74) is 0. The number of hydrogen-bond acceptors (Lipinski definition) is 3. The fourth-order valence-electron chi connectivity index (χ4n) is 2.24. The fourth-order valence-corrected chi connectivity index (χ4v) is 2.41. The Morgan fingerprint density at radius 2 is 2.20 bits per heavy atom. The van der Waals surface area contributed by atoms with Crippen molar-refractivity contribution in [2.24, 2.45) is 7.05 Å². The monoisotopic (exact) mass is 295 g/mol. The number of halogens is 2. The third kappa shape index (κ3) is 2.50. The van der Waals surface area contributed by atoms with Gasteiger partial charge in [-0.05, 0) is 25.0 Å². The Hall–Kier alpha value is -1.62. The molecule has 1 aromatic heterocycles. The molecule has 1 aliphatic rings. The van der Waals surface area contributed by atoms with Crippen molar-refractivity contribution in [2.45, 2.75) is 31.8 Å². The molecule has 0 aliphatic heterocycles. The van der Waals surface area contributed by atoms with Crippen molar-refractivity contribution in [1.82, 2.24) is 14.8 Å². The third-order valence-corrected chi connectivity index (χ3v) is 4.02. The van der Waals surface area contributed by atoms with Crippen LogP contribution in [0.4, 0.5) is 4.39 Å². The molecule has 0 saturated heterocycles. The quantitative estimate of drug-likeness (QED) is 0.867. The Kier molecular flexibility index (Phi) is 3.61. The van der Waals surface area contributed by atoms with E-state index in [9.17, 15) is 4.39 Å². The molecule has 1 heterocycles. The maximum absolute atomic E-state index is 13.0. The van der Waals surface area contributed by atoms with E-state index >= 15 is 0 Å². The van der Waals surface area contributed by atoms with Crippen molar-refractivity contribution in [2.75, 3.05) is 0 Å². The van der Waals surface area contributed by atoms with Crippen LogP contribution in [0.3, 0.4) is 0 Å². The van der Waals surface area contributed by atoms with Gasteiger partial charge in [-0.2, -0.15) is 0 Å². The smallest absolute Gasteiger partial charge is 0.170 e. The summed E-state index contributed by atoms with van der Waals surface area (Å²) < 4.78 is 20.6. The zero-order valence-electron chi connectivity index (χ0n) is 11.1. The molecule has 0 amide bonds. The second-order valence-electron chi connectivity index (χ2n) is 5.03. The van der Waals surface area contributed by atoms with E-state index in [0.29, 0.717) is 11.7 Å². The second kappa shape index (κ2) is 5.40. The van der Waals surface area contributed by atoms with E-state index in [0.717, 1.165) is 11.6 Å². The number of rotatable bonds is 4. The van der Waals surface area contributed by atoms with Crippen molar-refractivity contribution in [3.05, 3.63) is 40.7 Å². The van der Waals surface area contributed by atoms with E-state index in [1.807, 2.05) is 11.6 Å². The Morgan fingerprint density at radius 1 is 1.40 bits per heavy atom. The summed E-state index contributed by atoms with van der Waals surface area (Å²) in [4.78, 5) is 0. The standard InChI is InChI=1S/C14H15ClFN3O/c1-19-13(17-18-14(19)9-3-2-4-9)8-20-10-5-6-12(16)11(15)7-10/h5-7,9H,2-4,8H2,1H3. The molecule has 106 valence electrons. The largest absolute Gasteiger partial charge is 0.486 e. The first-order valence-corrected chi connectivity index (χ1v) is 6.99. The average Bonchev–Trinajstić information content (AvgIpc) is 2.71. The van der Waals surface area contributed by atoms with Crippen LogP contribution >= 0.6 is 11.6 Å². The second-order valence-corrected chi connectivity index (χ2v) is 5.43. The summed E-state index contributed by atoms with van der Waals surface area (Å²) in [7, 11) is 1.95. The Balaban J connectivity index is 1.68. The third-order valence-electron chi connectivity index (χ3n) is 3.73. The molecule has 0 spiro atoms. The molecule has 1 saturated carbocycles. The van der Waals surface area contributed by atoms with Crippen LogP contribution in [0.25, 0.3) is 0 Å². The summed E-state index contributed by atoms with van der Waals surface area (Å²) in [6, 6.07) is 4.29. The van der Waals surface area contributed by atoms with Crippen LogP contribution in [-0.4, -0.2) is 14.8 Å². The van der Waals surface area contributed by atoms with Crippen LogP contribution in [-0.2, 0) is 13.7 Å². The van der Waals surface area contributed by atoms with E-state index in [4.69, 9.17) is 16.3 Å². The van der Waals surface area contributed by atoms with E-state index in [2.05, 4.69) is 10.2 Å². The van der Waals surface area contributed by atoms with Gasteiger partial charge in [0.2, 0.25) is 0 Å². The predicted octanol–water partition coefficient (Wildman–Crippen LogP) is 3.45. The summed E-state index contributed by atoms with van der Waals surface area (Å²) in [5, 5.41) is 8.43. The number of ether oxygens (including phenoxy) is 1. The maximum atomic E-state index is 13.0. The summed E-state index contributed by atoms with van der Waals surface area (Å²) in [6.45, 7) is 0.290. The minimum Gasteiger partial charge on any atom is -0.486 e. The van der Waals surface area contributed by atoms with Gasteiger partial charge in [-0.15, -0.1) is 10.2 Å². The zero-order valence-corrected chi connectivity index (χ0v) is 11.9. The van der Waals surface area contributed by atoms with E-state index in [1.165, 1.54) is 31.4 Å². The number of nitrogens with zero attached hydrogens (tertiary/aromatic N) is 3. The van der Waals surface area contributed by atoms with Gasteiger partial charge in [0.1, 0.15) is 24.0 Å². The molecule has 1 aliphatic carbocycles. The average molecular weight is 296 g/mol. The Labute approximate surface area is 121 Å². The molecule has 2 aromatic rings. The van der Waals surface area contributed by atoms with Crippen molar-refractivity contribution in [3.63, 3.8) is 0 Å². The number of benzene rings is 1. The summed E-state index contributed by atoms with van der Waals surface area (Å²) in [6.07, 6.45) is 3.62. The lowest BCUT2D eigenvalue weighted by Crippen LogP contribution is -2.15. The van der Waals surface area contributed by atoms with Crippen LogP contribution in [0.1, 0.15) is 36.8 Å². The number of hydrogen-bond donors (Lipinski definition) is 0. The van der Waals surface area contributed by atoms with E-state index in [1.54, 1.807) is 6.07 Å². The minimum atomic E-state index is -0.454. The highest BCUT2D eigenvalue weighted by molar-refractivity contribution is 6.30. The van der Waals surface area contributed by atoms with Crippen LogP contribution in [0.2, 0.25) is 5.02 Å². The van der Waals surface area contributed by atoms with Gasteiger partial charge in [0, 0.05) is 19.0 Å². The minimum absolute atomic E-state index is 0.0515. The molecule has 0 N–H and O–H groups in total. The zero-order chi connectivity index (χ0) is 14.1. The van der Waals surface area contributed by atoms with Crippen LogP contribution in [0.5, 0.6) is 5.75 Å². The molecule has 3 rings (SSSR count). The highest BCUT2D eigenvalue weighted by atomic mass is 35.5. The van der Waals surface area contributed by atoms with Crippen molar-refractivity contribution >= 4 is 11.6 Å². The molecular weight excluding hydrogens is 281 g/mol. The lowest BCUT2D eigenvalue weighted by molar-refractivity contribution is 0.289. The van der Waals surface area contributed by atoms with Crippen LogP contribution in [0, 0.1) is 5.82 Å². The molecule has 6 heteroatoms. The van der Waals surface area contributed by atoms with Crippen molar-refractivity contribution < 1.29 is 9.13 Å². The summed E-state index contributed by atoms with van der Waals surface area (Å²) in [5.74, 6) is 2.37. The molecule has 0 bridgehead atoms. The Bertz CT molecular complexity index is 625. The van der Waals surface area contributed by atoms with Gasteiger partial charge in [-0.1, -0.05) is 18.0 Å². The van der Waals surface area contributed by atoms with Gasteiger partial charge < -0.3 is 9.30 Å². The first-order chi connectivity index (χ1) is 9.65. The number of aromatic nitrogens is 3. The van der Waals surface area contributed by atoms with Gasteiger partial charge >= 0.3 is 0 Å². The van der Waals surface area contributed by atoms with Gasteiger partial charge in [0.15, 0.2) is 5.82 Å². The molecule has 1 aromatic carbocycles. The van der Waals surface area contributed by atoms with Crippen molar-refractivity contribution in [1.29, 1.82) is 0 Å².